The van der Waals surface area contributed by atoms with E-state index in [1.54, 1.807) is 6.92 Å². The molecule has 0 radical (unpaired) electrons. The van der Waals surface area contributed by atoms with E-state index in [-0.39, 0.29) is 11.0 Å². The number of rotatable bonds is 1. The molecular weight excluding hydrogens is 222 g/mol. The molecule has 0 aromatic heterocycles. The topological polar surface area (TPSA) is 37.4 Å². The third-order valence-electron chi connectivity index (χ3n) is 3.10. The number of nitrogens with zero attached hydrogens (tertiary/aromatic N) is 1. The lowest BCUT2D eigenvalue weighted by atomic mass is 10.2. The molecule has 1 aliphatic heterocycles. The molecule has 1 aromatic rings. The van der Waals surface area contributed by atoms with E-state index in [0.29, 0.717) is 13.1 Å². The van der Waals surface area contributed by atoms with E-state index >= 15 is 0 Å². The summed E-state index contributed by atoms with van der Waals surface area (Å²) in [5, 5.41) is -0.262. The summed E-state index contributed by atoms with van der Waals surface area (Å²) in [5.41, 5.74) is 2.33. The van der Waals surface area contributed by atoms with Crippen molar-refractivity contribution in [2.24, 2.45) is 0 Å². The first-order chi connectivity index (χ1) is 7.49. The van der Waals surface area contributed by atoms with E-state index in [0.717, 1.165) is 5.69 Å². The first-order valence-electron chi connectivity index (χ1n) is 5.52. The van der Waals surface area contributed by atoms with Crippen LogP contribution in [0.3, 0.4) is 0 Å². The third kappa shape index (κ3) is 2.21. The Balaban J connectivity index is 2.20. The molecule has 1 unspecified atom stereocenters. The molecule has 2 rings (SSSR count). The van der Waals surface area contributed by atoms with Crippen LogP contribution in [0.4, 0.5) is 5.69 Å². The number of anilines is 1. The third-order valence-corrected chi connectivity index (χ3v) is 5.23. The summed E-state index contributed by atoms with van der Waals surface area (Å²) in [6, 6.07) is 8.20. The average Bonchev–Trinajstić information content (AvgIpc) is 2.22. The van der Waals surface area contributed by atoms with Crippen LogP contribution in [0.2, 0.25) is 0 Å². The Morgan fingerprint density at radius 1 is 1.38 bits per heavy atom. The van der Waals surface area contributed by atoms with Crippen molar-refractivity contribution in [1.29, 1.82) is 0 Å². The molecule has 1 saturated heterocycles. The predicted molar refractivity (Wildman–Crippen MR) is 66.6 cm³/mol. The van der Waals surface area contributed by atoms with Gasteiger partial charge in [-0.25, -0.2) is 8.42 Å². The number of sulfone groups is 1. The van der Waals surface area contributed by atoms with Crippen molar-refractivity contribution >= 4 is 15.5 Å². The van der Waals surface area contributed by atoms with Crippen molar-refractivity contribution in [2.75, 3.05) is 23.7 Å². The molecule has 16 heavy (non-hydrogen) atoms. The Kier molecular flexibility index (Phi) is 2.93. The van der Waals surface area contributed by atoms with Gasteiger partial charge < -0.3 is 4.90 Å². The van der Waals surface area contributed by atoms with Gasteiger partial charge in [-0.05, 0) is 31.5 Å². The predicted octanol–water partition coefficient (Wildman–Crippen LogP) is 1.62. The molecule has 0 bridgehead atoms. The SMILES string of the molecule is Cc1cccc(N2CCS(=O)(=O)C(C)C2)c1. The van der Waals surface area contributed by atoms with Gasteiger partial charge in [0.25, 0.3) is 0 Å². The second-order valence-corrected chi connectivity index (χ2v) is 7.00. The molecule has 3 nitrogen and oxygen atoms in total. The Morgan fingerprint density at radius 2 is 2.12 bits per heavy atom. The van der Waals surface area contributed by atoms with Crippen LogP contribution in [0, 0.1) is 6.92 Å². The van der Waals surface area contributed by atoms with Crippen LogP contribution in [-0.4, -0.2) is 32.5 Å². The van der Waals surface area contributed by atoms with Crippen molar-refractivity contribution in [3.05, 3.63) is 29.8 Å². The van der Waals surface area contributed by atoms with Gasteiger partial charge in [0, 0.05) is 18.8 Å². The van der Waals surface area contributed by atoms with Gasteiger partial charge in [-0.15, -0.1) is 0 Å². The van der Waals surface area contributed by atoms with Gasteiger partial charge in [-0.2, -0.15) is 0 Å². The average molecular weight is 239 g/mol. The summed E-state index contributed by atoms with van der Waals surface area (Å²) in [6.45, 7) is 5.05. The second-order valence-electron chi connectivity index (χ2n) is 4.46. The van der Waals surface area contributed by atoms with Crippen LogP contribution in [-0.2, 0) is 9.84 Å². The molecule has 1 heterocycles. The monoisotopic (exact) mass is 239 g/mol. The Morgan fingerprint density at radius 3 is 2.75 bits per heavy atom. The summed E-state index contributed by atoms with van der Waals surface area (Å²) in [5.74, 6) is 0.266. The minimum Gasteiger partial charge on any atom is -0.369 e. The smallest absolute Gasteiger partial charge is 0.156 e. The fraction of sp³-hybridized carbons (Fsp3) is 0.500. The van der Waals surface area contributed by atoms with E-state index in [1.807, 2.05) is 25.1 Å². The van der Waals surface area contributed by atoms with Crippen molar-refractivity contribution in [3.8, 4) is 0 Å². The normalized spacial score (nSPS) is 24.4. The summed E-state index contributed by atoms with van der Waals surface area (Å²) in [4.78, 5) is 2.15. The van der Waals surface area contributed by atoms with E-state index < -0.39 is 9.84 Å². The number of benzene rings is 1. The quantitative estimate of drug-likeness (QED) is 0.747. The van der Waals surface area contributed by atoms with Crippen LogP contribution >= 0.6 is 0 Å². The molecule has 1 aliphatic rings. The van der Waals surface area contributed by atoms with Gasteiger partial charge in [0.2, 0.25) is 0 Å². The van der Waals surface area contributed by atoms with E-state index in [1.165, 1.54) is 5.56 Å². The van der Waals surface area contributed by atoms with Crippen LogP contribution in [0.15, 0.2) is 24.3 Å². The van der Waals surface area contributed by atoms with Gasteiger partial charge in [-0.1, -0.05) is 12.1 Å². The molecule has 0 saturated carbocycles. The zero-order valence-corrected chi connectivity index (χ0v) is 10.5. The molecule has 88 valence electrons. The first kappa shape index (κ1) is 11.5. The second kappa shape index (κ2) is 4.09. The highest BCUT2D eigenvalue weighted by Crippen LogP contribution is 2.21. The van der Waals surface area contributed by atoms with Crippen molar-refractivity contribution < 1.29 is 8.42 Å². The maximum Gasteiger partial charge on any atom is 0.156 e. The van der Waals surface area contributed by atoms with Crippen molar-refractivity contribution in [2.45, 2.75) is 19.1 Å². The zero-order valence-electron chi connectivity index (χ0n) is 9.68. The fourth-order valence-corrected chi connectivity index (χ4v) is 3.30. The molecule has 1 atom stereocenters. The zero-order chi connectivity index (χ0) is 11.8. The molecule has 0 amide bonds. The molecule has 4 heteroatoms. The minimum atomic E-state index is -2.85. The molecule has 0 N–H and O–H groups in total. The molecular formula is C12H17NO2S. The molecule has 0 spiro atoms. The van der Waals surface area contributed by atoms with Crippen LogP contribution < -0.4 is 4.90 Å². The number of hydrogen-bond donors (Lipinski definition) is 0. The maximum atomic E-state index is 11.6. The maximum absolute atomic E-state index is 11.6. The van der Waals surface area contributed by atoms with Crippen LogP contribution in [0.1, 0.15) is 12.5 Å². The first-order valence-corrected chi connectivity index (χ1v) is 7.24. The van der Waals surface area contributed by atoms with E-state index in [4.69, 9.17) is 0 Å². The Hall–Kier alpha value is -1.03. The molecule has 1 fully saturated rings. The summed E-state index contributed by atoms with van der Waals surface area (Å²) < 4.78 is 23.2. The number of aryl methyl sites for hydroxylation is 1. The summed E-state index contributed by atoms with van der Waals surface area (Å²) in [6.07, 6.45) is 0. The van der Waals surface area contributed by atoms with Gasteiger partial charge in [-0.3, -0.25) is 0 Å². The van der Waals surface area contributed by atoms with Crippen LogP contribution in [0.25, 0.3) is 0 Å². The fourth-order valence-electron chi connectivity index (χ4n) is 2.01. The Labute approximate surface area is 97.0 Å². The lowest BCUT2D eigenvalue weighted by molar-refractivity contribution is 0.569. The standard InChI is InChI=1S/C12H17NO2S/c1-10-4-3-5-12(8-10)13-6-7-16(14,15)11(2)9-13/h3-5,8,11H,6-7,9H2,1-2H3. The van der Waals surface area contributed by atoms with Gasteiger partial charge in [0.1, 0.15) is 0 Å². The van der Waals surface area contributed by atoms with Gasteiger partial charge in [0.05, 0.1) is 11.0 Å². The summed E-state index contributed by atoms with van der Waals surface area (Å²) >= 11 is 0. The lowest BCUT2D eigenvalue weighted by Crippen LogP contribution is -2.45. The number of hydrogen-bond acceptors (Lipinski definition) is 3. The van der Waals surface area contributed by atoms with E-state index in [9.17, 15) is 8.42 Å². The lowest BCUT2D eigenvalue weighted by Gasteiger charge is -2.32. The van der Waals surface area contributed by atoms with Gasteiger partial charge >= 0.3 is 0 Å². The Bertz CT molecular complexity index is 482. The highest BCUT2D eigenvalue weighted by Gasteiger charge is 2.29. The highest BCUT2D eigenvalue weighted by molar-refractivity contribution is 7.92. The van der Waals surface area contributed by atoms with Crippen molar-refractivity contribution in [1.82, 2.24) is 0 Å². The van der Waals surface area contributed by atoms with Gasteiger partial charge in [0.15, 0.2) is 9.84 Å². The van der Waals surface area contributed by atoms with Crippen molar-refractivity contribution in [3.63, 3.8) is 0 Å². The highest BCUT2D eigenvalue weighted by atomic mass is 32.2. The summed E-state index contributed by atoms with van der Waals surface area (Å²) in [7, 11) is -2.85. The molecule has 1 aromatic carbocycles. The molecule has 0 aliphatic carbocycles. The largest absolute Gasteiger partial charge is 0.369 e. The minimum absolute atomic E-state index is 0.262. The van der Waals surface area contributed by atoms with Crippen LogP contribution in [0.5, 0.6) is 0 Å². The van der Waals surface area contributed by atoms with E-state index in [2.05, 4.69) is 11.0 Å².